The highest BCUT2D eigenvalue weighted by molar-refractivity contribution is 5.25. The van der Waals surface area contributed by atoms with Gasteiger partial charge in [0.1, 0.15) is 0 Å². The third-order valence-corrected chi connectivity index (χ3v) is 5.24. The first-order chi connectivity index (χ1) is 9.74. The topological polar surface area (TPSA) is 23.5 Å². The number of aliphatic hydroxyl groups is 1. The normalized spacial score (nSPS) is 29.5. The molecule has 2 fully saturated rings. The molecule has 3 rings (SSSR count). The Kier molecular flexibility index (Phi) is 4.42. The molecule has 1 aliphatic carbocycles. The molecule has 1 aliphatic heterocycles. The molecule has 2 heteroatoms. The second-order valence-electron chi connectivity index (χ2n) is 6.64. The van der Waals surface area contributed by atoms with Gasteiger partial charge < -0.3 is 5.11 Å². The number of aliphatic hydroxyl groups excluding tert-OH is 1. The predicted molar refractivity (Wildman–Crippen MR) is 83.0 cm³/mol. The summed E-state index contributed by atoms with van der Waals surface area (Å²) in [6.45, 7) is 4.46. The van der Waals surface area contributed by atoms with Crippen molar-refractivity contribution in [1.82, 2.24) is 4.90 Å². The smallest absolute Gasteiger partial charge is 0.0695 e. The van der Waals surface area contributed by atoms with E-state index in [1.54, 1.807) is 0 Å². The van der Waals surface area contributed by atoms with Crippen LogP contribution in [0.2, 0.25) is 0 Å². The van der Waals surface area contributed by atoms with E-state index >= 15 is 0 Å². The molecule has 1 aromatic carbocycles. The number of likely N-dealkylation sites (tertiary alicyclic amines) is 1. The van der Waals surface area contributed by atoms with Crippen LogP contribution in [0.5, 0.6) is 0 Å². The third kappa shape index (κ3) is 3.07. The van der Waals surface area contributed by atoms with E-state index in [0.717, 1.165) is 19.5 Å². The summed E-state index contributed by atoms with van der Waals surface area (Å²) in [5.41, 5.74) is 2.84. The maximum Gasteiger partial charge on any atom is 0.0695 e. The minimum Gasteiger partial charge on any atom is -0.391 e. The fourth-order valence-electron chi connectivity index (χ4n) is 3.92. The Balaban J connectivity index is 1.57. The van der Waals surface area contributed by atoms with Gasteiger partial charge in [0.2, 0.25) is 0 Å². The molecule has 0 radical (unpaired) electrons. The van der Waals surface area contributed by atoms with Gasteiger partial charge in [-0.05, 0) is 57.2 Å². The lowest BCUT2D eigenvalue weighted by Crippen LogP contribution is -2.48. The van der Waals surface area contributed by atoms with Crippen LogP contribution in [-0.2, 0) is 0 Å². The van der Waals surface area contributed by atoms with E-state index in [1.165, 1.54) is 43.2 Å². The number of hydrogen-bond acceptors (Lipinski definition) is 2. The summed E-state index contributed by atoms with van der Waals surface area (Å²) in [5, 5.41) is 10.2. The molecule has 2 aliphatic rings. The Morgan fingerprint density at radius 3 is 2.25 bits per heavy atom. The van der Waals surface area contributed by atoms with Gasteiger partial charge in [-0.15, -0.1) is 0 Å². The van der Waals surface area contributed by atoms with Crippen molar-refractivity contribution < 1.29 is 5.11 Å². The van der Waals surface area contributed by atoms with Gasteiger partial charge >= 0.3 is 0 Å². The molecular weight excluding hydrogens is 245 g/mol. The van der Waals surface area contributed by atoms with Crippen LogP contribution >= 0.6 is 0 Å². The largest absolute Gasteiger partial charge is 0.391 e. The Hall–Kier alpha value is -0.860. The minimum atomic E-state index is -0.0836. The highest BCUT2D eigenvalue weighted by Crippen LogP contribution is 2.32. The number of nitrogens with zero attached hydrogens (tertiary/aromatic N) is 1. The van der Waals surface area contributed by atoms with Crippen LogP contribution < -0.4 is 0 Å². The molecule has 0 spiro atoms. The number of piperidine rings is 1. The second kappa shape index (κ2) is 6.28. The molecular formula is C18H27NO. The molecule has 20 heavy (non-hydrogen) atoms. The minimum absolute atomic E-state index is 0.0836. The first-order valence-corrected chi connectivity index (χ1v) is 8.23. The van der Waals surface area contributed by atoms with E-state index in [1.807, 2.05) is 0 Å². The van der Waals surface area contributed by atoms with Crippen molar-refractivity contribution in [2.24, 2.45) is 0 Å². The second-order valence-corrected chi connectivity index (χ2v) is 6.64. The van der Waals surface area contributed by atoms with E-state index in [0.29, 0.717) is 12.0 Å². The van der Waals surface area contributed by atoms with Crippen molar-refractivity contribution in [3.63, 3.8) is 0 Å². The predicted octanol–water partition coefficient (Wildman–Crippen LogP) is 3.48. The molecule has 1 aromatic rings. The number of benzene rings is 1. The third-order valence-electron chi connectivity index (χ3n) is 5.24. The average molecular weight is 272 g/mol. The van der Waals surface area contributed by atoms with Crippen molar-refractivity contribution in [1.29, 1.82) is 0 Å². The van der Waals surface area contributed by atoms with Gasteiger partial charge in [-0.3, -0.25) is 4.90 Å². The van der Waals surface area contributed by atoms with Crippen LogP contribution in [0.1, 0.15) is 55.6 Å². The zero-order chi connectivity index (χ0) is 13.9. The molecule has 1 N–H and O–H groups in total. The Morgan fingerprint density at radius 1 is 0.950 bits per heavy atom. The van der Waals surface area contributed by atoms with Gasteiger partial charge in [-0.25, -0.2) is 0 Å². The average Bonchev–Trinajstić information content (AvgIpc) is 2.49. The zero-order valence-corrected chi connectivity index (χ0v) is 12.6. The zero-order valence-electron chi connectivity index (χ0n) is 12.6. The summed E-state index contributed by atoms with van der Waals surface area (Å²) in [6.07, 6.45) is 7.09. The van der Waals surface area contributed by atoms with E-state index in [2.05, 4.69) is 36.1 Å². The molecule has 0 bridgehead atoms. The molecule has 2 nitrogen and oxygen atoms in total. The van der Waals surface area contributed by atoms with Crippen molar-refractivity contribution in [2.45, 2.75) is 63.5 Å². The summed E-state index contributed by atoms with van der Waals surface area (Å²) in [5.74, 6) is 0.715. The standard InChI is InChI=1S/C18H27NO/c1-14-6-8-15(9-7-14)16-10-12-19(13-11-16)17-4-2-3-5-18(17)20/h6-9,16-18,20H,2-5,10-13H2,1H3/t17?,18-/m1/s1/i1-1. The summed E-state index contributed by atoms with van der Waals surface area (Å²) < 4.78 is 0. The van der Waals surface area contributed by atoms with Gasteiger partial charge in [0.05, 0.1) is 6.10 Å². The van der Waals surface area contributed by atoms with Crippen LogP contribution in [0.4, 0.5) is 0 Å². The molecule has 0 amide bonds. The van der Waals surface area contributed by atoms with Gasteiger partial charge in [-0.2, -0.15) is 0 Å². The van der Waals surface area contributed by atoms with E-state index in [9.17, 15) is 5.11 Å². The quantitative estimate of drug-likeness (QED) is 0.891. The highest BCUT2D eigenvalue weighted by Gasteiger charge is 2.31. The molecule has 1 heterocycles. The Bertz CT molecular complexity index is 420. The fraction of sp³-hybridized carbons (Fsp3) is 0.667. The van der Waals surface area contributed by atoms with Gasteiger partial charge in [-0.1, -0.05) is 42.7 Å². The van der Waals surface area contributed by atoms with Gasteiger partial charge in [0, 0.05) is 6.04 Å². The summed E-state index contributed by atoms with van der Waals surface area (Å²) in [4.78, 5) is 2.55. The fourth-order valence-corrected chi connectivity index (χ4v) is 3.92. The lowest BCUT2D eigenvalue weighted by atomic mass is 9.85. The molecule has 0 aromatic heterocycles. The molecule has 1 unspecified atom stereocenters. The summed E-state index contributed by atoms with van der Waals surface area (Å²) >= 11 is 0. The maximum absolute atomic E-state index is 10.2. The molecule has 1 saturated carbocycles. The lowest BCUT2D eigenvalue weighted by molar-refractivity contribution is 0.00871. The summed E-state index contributed by atoms with van der Waals surface area (Å²) in [7, 11) is 0. The first-order valence-electron chi connectivity index (χ1n) is 8.23. The SMILES string of the molecule is [11CH3]c1ccc(C2CCN(C3CCCC[C@H]3O)CC2)cc1. The van der Waals surface area contributed by atoms with Crippen LogP contribution in [0.25, 0.3) is 0 Å². The van der Waals surface area contributed by atoms with E-state index < -0.39 is 0 Å². The number of hydrogen-bond donors (Lipinski definition) is 1. The number of aryl methyl sites for hydroxylation is 1. The molecule has 110 valence electrons. The van der Waals surface area contributed by atoms with Gasteiger partial charge in [0.15, 0.2) is 0 Å². The van der Waals surface area contributed by atoms with Crippen molar-refractivity contribution in [2.75, 3.05) is 13.1 Å². The highest BCUT2D eigenvalue weighted by atomic mass is 16.3. The van der Waals surface area contributed by atoms with Crippen molar-refractivity contribution >= 4 is 0 Å². The summed E-state index contributed by atoms with van der Waals surface area (Å²) in [6, 6.07) is 9.48. The lowest BCUT2D eigenvalue weighted by Gasteiger charge is -2.41. The van der Waals surface area contributed by atoms with E-state index in [-0.39, 0.29) is 6.10 Å². The maximum atomic E-state index is 10.2. The van der Waals surface area contributed by atoms with E-state index in [4.69, 9.17) is 0 Å². The Morgan fingerprint density at radius 2 is 1.60 bits per heavy atom. The first kappa shape index (κ1) is 14.1. The molecule has 1 saturated heterocycles. The molecule has 2 atom stereocenters. The van der Waals surface area contributed by atoms with Crippen LogP contribution in [0.15, 0.2) is 24.3 Å². The Labute approximate surface area is 122 Å². The van der Waals surface area contributed by atoms with Crippen molar-refractivity contribution in [3.05, 3.63) is 35.4 Å². The van der Waals surface area contributed by atoms with Gasteiger partial charge in [0.25, 0.3) is 0 Å². The monoisotopic (exact) mass is 272 g/mol. The van der Waals surface area contributed by atoms with Crippen LogP contribution in [0.3, 0.4) is 0 Å². The van der Waals surface area contributed by atoms with Crippen molar-refractivity contribution in [3.8, 4) is 0 Å². The van der Waals surface area contributed by atoms with Crippen LogP contribution in [-0.4, -0.2) is 35.2 Å². The van der Waals surface area contributed by atoms with Crippen LogP contribution in [0, 0.1) is 6.92 Å². The number of rotatable bonds is 2.